The minimum Gasteiger partial charge on any atom is -0.467 e. The number of hydrogen-bond acceptors (Lipinski definition) is 6. The van der Waals surface area contributed by atoms with E-state index in [4.69, 9.17) is 4.74 Å². The fourth-order valence-corrected chi connectivity index (χ4v) is 4.99. The Balaban J connectivity index is 1.82. The van der Waals surface area contributed by atoms with Crippen LogP contribution in [0, 0.1) is 18.7 Å². The molecule has 1 heterocycles. The van der Waals surface area contributed by atoms with E-state index >= 15 is 0 Å². The van der Waals surface area contributed by atoms with Gasteiger partial charge < -0.3 is 31.3 Å². The van der Waals surface area contributed by atoms with Crippen molar-refractivity contribution in [2.24, 2.45) is 5.92 Å². The molecule has 0 saturated carbocycles. The van der Waals surface area contributed by atoms with Gasteiger partial charge in [-0.25, -0.2) is 14.0 Å². The Morgan fingerprint density at radius 2 is 1.76 bits per heavy atom. The highest BCUT2D eigenvalue weighted by Gasteiger charge is 2.30. The summed E-state index contributed by atoms with van der Waals surface area (Å²) in [6.07, 6.45) is 4.56. The molecule has 0 spiro atoms. The molecule has 0 radical (unpaired) electrons. The van der Waals surface area contributed by atoms with Crippen LogP contribution in [-0.4, -0.2) is 67.5 Å². The number of carbonyl (C=O) groups is 5. The average molecular weight is 638 g/mol. The lowest BCUT2D eigenvalue weighted by molar-refractivity contribution is -0.144. The van der Waals surface area contributed by atoms with Crippen molar-refractivity contribution in [2.45, 2.75) is 77.0 Å². The van der Waals surface area contributed by atoms with E-state index < -0.39 is 53.8 Å². The lowest BCUT2D eigenvalue weighted by atomic mass is 10.0. The molecule has 248 valence electrons. The van der Waals surface area contributed by atoms with E-state index in [1.165, 1.54) is 31.4 Å². The van der Waals surface area contributed by atoms with Crippen molar-refractivity contribution in [1.29, 1.82) is 0 Å². The molecule has 0 aromatic heterocycles. The van der Waals surface area contributed by atoms with Crippen LogP contribution in [0.4, 0.5) is 9.18 Å². The van der Waals surface area contributed by atoms with Gasteiger partial charge in [-0.15, -0.1) is 0 Å². The van der Waals surface area contributed by atoms with Crippen LogP contribution >= 0.6 is 0 Å². The topological polar surface area (TPSA) is 155 Å². The molecule has 0 fully saturated rings. The number of benzene rings is 2. The third-order valence-corrected chi connectivity index (χ3v) is 7.59. The van der Waals surface area contributed by atoms with Gasteiger partial charge in [-0.1, -0.05) is 61.9 Å². The number of esters is 1. The summed E-state index contributed by atoms with van der Waals surface area (Å²) in [5, 5.41) is 13.7. The zero-order valence-electron chi connectivity index (χ0n) is 26.7. The minimum atomic E-state index is -1.09. The molecule has 5 amide bonds. The normalized spacial score (nSPS) is 19.3. The van der Waals surface area contributed by atoms with Crippen LogP contribution < -0.4 is 26.6 Å². The van der Waals surface area contributed by atoms with Crippen LogP contribution in [0.25, 0.3) is 0 Å². The summed E-state index contributed by atoms with van der Waals surface area (Å²) in [5.74, 6) is -2.70. The Hall–Kier alpha value is -4.74. The van der Waals surface area contributed by atoms with Crippen molar-refractivity contribution in [3.63, 3.8) is 0 Å². The second kappa shape index (κ2) is 17.7. The maximum absolute atomic E-state index is 13.9. The summed E-state index contributed by atoms with van der Waals surface area (Å²) in [5.41, 5.74) is 2.41. The van der Waals surface area contributed by atoms with Crippen LogP contribution in [-0.2, 0) is 36.8 Å². The molecule has 1 aliphatic heterocycles. The number of halogens is 1. The summed E-state index contributed by atoms with van der Waals surface area (Å²) in [4.78, 5) is 64.9. The van der Waals surface area contributed by atoms with Gasteiger partial charge in [0, 0.05) is 19.0 Å². The Kier molecular flexibility index (Phi) is 13.7. The van der Waals surface area contributed by atoms with Crippen LogP contribution in [0.3, 0.4) is 0 Å². The van der Waals surface area contributed by atoms with Crippen LogP contribution in [0.1, 0.15) is 49.8 Å². The first-order valence-corrected chi connectivity index (χ1v) is 15.5. The van der Waals surface area contributed by atoms with E-state index in [1.807, 2.05) is 31.2 Å². The SMILES string of the molecule is COC(=O)[C@@H](NC(=O)N[C@@H](Cc1ccc(C)cc1)C(=O)N[C@H]1CCCCNC(=O)/C=C/[C@H](Cc2cccc(F)c2)NC1=O)C(C)C. The highest BCUT2D eigenvalue weighted by atomic mass is 19.1. The van der Waals surface area contributed by atoms with Gasteiger partial charge in [0.1, 0.15) is 23.9 Å². The van der Waals surface area contributed by atoms with Crippen molar-refractivity contribution in [3.8, 4) is 0 Å². The molecule has 2 aromatic carbocycles. The molecule has 0 bridgehead atoms. The number of methoxy groups -OCH3 is 1. The third-order valence-electron chi connectivity index (χ3n) is 7.59. The van der Waals surface area contributed by atoms with Gasteiger partial charge >= 0.3 is 12.0 Å². The van der Waals surface area contributed by atoms with E-state index in [2.05, 4.69) is 26.6 Å². The molecule has 0 saturated heterocycles. The van der Waals surface area contributed by atoms with E-state index in [1.54, 1.807) is 26.0 Å². The van der Waals surface area contributed by atoms with Gasteiger partial charge in [0.15, 0.2) is 0 Å². The van der Waals surface area contributed by atoms with Gasteiger partial charge in [0.2, 0.25) is 17.7 Å². The zero-order chi connectivity index (χ0) is 33.6. The Morgan fingerprint density at radius 1 is 1.02 bits per heavy atom. The quantitative estimate of drug-likeness (QED) is 0.253. The van der Waals surface area contributed by atoms with Gasteiger partial charge in [0.05, 0.1) is 13.2 Å². The average Bonchev–Trinajstić information content (AvgIpc) is 3.01. The highest BCUT2D eigenvalue weighted by molar-refractivity contribution is 5.93. The zero-order valence-corrected chi connectivity index (χ0v) is 26.7. The number of nitrogens with one attached hydrogen (secondary N) is 5. The number of ether oxygens (including phenoxy) is 1. The molecule has 0 aliphatic carbocycles. The monoisotopic (exact) mass is 637 g/mol. The van der Waals surface area contributed by atoms with Gasteiger partial charge in [0.25, 0.3) is 0 Å². The molecule has 11 nitrogen and oxygen atoms in total. The maximum atomic E-state index is 13.9. The van der Waals surface area contributed by atoms with E-state index in [0.29, 0.717) is 24.9 Å². The molecule has 46 heavy (non-hydrogen) atoms. The minimum absolute atomic E-state index is 0.120. The summed E-state index contributed by atoms with van der Waals surface area (Å²) in [6, 6.07) is 9.03. The number of amides is 5. The molecule has 3 rings (SSSR count). The molecular formula is C34H44FN5O6. The lowest BCUT2D eigenvalue weighted by Gasteiger charge is -2.26. The molecule has 2 aromatic rings. The molecular weight excluding hydrogens is 593 g/mol. The Morgan fingerprint density at radius 3 is 2.43 bits per heavy atom. The van der Waals surface area contributed by atoms with E-state index in [0.717, 1.165) is 11.1 Å². The van der Waals surface area contributed by atoms with Crippen LogP contribution in [0.15, 0.2) is 60.7 Å². The highest BCUT2D eigenvalue weighted by Crippen LogP contribution is 2.12. The fraction of sp³-hybridized carbons (Fsp3) is 0.441. The van der Waals surface area contributed by atoms with Crippen molar-refractivity contribution in [1.82, 2.24) is 26.6 Å². The second-order valence-corrected chi connectivity index (χ2v) is 11.8. The predicted molar refractivity (Wildman–Crippen MR) is 171 cm³/mol. The van der Waals surface area contributed by atoms with Crippen molar-refractivity contribution in [2.75, 3.05) is 13.7 Å². The first kappa shape index (κ1) is 35.7. The summed E-state index contributed by atoms with van der Waals surface area (Å²) in [6.45, 7) is 5.82. The Labute approximate surface area is 269 Å². The fourth-order valence-electron chi connectivity index (χ4n) is 4.99. The predicted octanol–water partition coefficient (Wildman–Crippen LogP) is 2.61. The van der Waals surface area contributed by atoms with E-state index in [9.17, 15) is 28.4 Å². The smallest absolute Gasteiger partial charge is 0.328 e. The molecule has 12 heteroatoms. The molecule has 5 N–H and O–H groups in total. The van der Waals surface area contributed by atoms with Crippen molar-refractivity contribution >= 4 is 29.7 Å². The van der Waals surface area contributed by atoms with Gasteiger partial charge in [-0.2, -0.15) is 0 Å². The molecule has 0 unspecified atom stereocenters. The molecule has 1 aliphatic rings. The number of urea groups is 1. The van der Waals surface area contributed by atoms with Crippen molar-refractivity contribution < 1.29 is 33.1 Å². The standard InChI is InChI=1S/C34H44FN5O6/c1-21(2)30(33(44)46-4)40-34(45)39-28(20-23-13-11-22(3)12-14-23)32(43)38-27-10-5-6-17-36-29(41)16-15-26(37-31(27)42)19-24-8-7-9-25(35)18-24/h7-9,11-16,18,21,26-28,30H,5-6,10,17,19-20H2,1-4H3,(H,36,41)(H,37,42)(H,38,43)(H2,39,40,45)/b16-15+/t26-,27+,28+,30+/m1/s1. The van der Waals surface area contributed by atoms with Gasteiger partial charge in [-0.05, 0) is 61.8 Å². The first-order chi connectivity index (χ1) is 21.9. The number of aryl methyl sites for hydroxylation is 1. The first-order valence-electron chi connectivity index (χ1n) is 15.5. The number of rotatable bonds is 10. The second-order valence-electron chi connectivity index (χ2n) is 11.8. The van der Waals surface area contributed by atoms with E-state index in [-0.39, 0.29) is 31.1 Å². The number of hydrogen-bond donors (Lipinski definition) is 5. The van der Waals surface area contributed by atoms with Crippen molar-refractivity contribution in [3.05, 3.63) is 83.2 Å². The Bertz CT molecular complexity index is 1400. The van der Waals surface area contributed by atoms with Gasteiger partial charge in [-0.3, -0.25) is 14.4 Å². The lowest BCUT2D eigenvalue weighted by Crippen LogP contribution is -2.58. The third kappa shape index (κ3) is 11.6. The van der Waals surface area contributed by atoms with Crippen LogP contribution in [0.2, 0.25) is 0 Å². The summed E-state index contributed by atoms with van der Waals surface area (Å²) >= 11 is 0. The van der Waals surface area contributed by atoms with Crippen LogP contribution in [0.5, 0.6) is 0 Å². The number of carbonyl (C=O) groups excluding carboxylic acids is 5. The summed E-state index contributed by atoms with van der Waals surface area (Å²) in [7, 11) is 1.23. The summed E-state index contributed by atoms with van der Waals surface area (Å²) < 4.78 is 18.7. The maximum Gasteiger partial charge on any atom is 0.328 e. The molecule has 4 atom stereocenters. The largest absolute Gasteiger partial charge is 0.467 e.